The Bertz CT molecular complexity index is 473. The molecule has 0 radical (unpaired) electrons. The van der Waals surface area contributed by atoms with E-state index < -0.39 is 5.60 Å². The van der Waals surface area contributed by atoms with Gasteiger partial charge in [0.15, 0.2) is 12.1 Å². The third-order valence-electron chi connectivity index (χ3n) is 4.20. The van der Waals surface area contributed by atoms with E-state index in [2.05, 4.69) is 4.98 Å². The summed E-state index contributed by atoms with van der Waals surface area (Å²) in [6, 6.07) is 0. The van der Waals surface area contributed by atoms with Gasteiger partial charge < -0.3 is 19.2 Å². The van der Waals surface area contributed by atoms with Crippen LogP contribution in [0.1, 0.15) is 36.0 Å². The monoisotopic (exact) mass is 282 g/mol. The summed E-state index contributed by atoms with van der Waals surface area (Å²) in [4.78, 5) is 18.0. The third kappa shape index (κ3) is 2.86. The van der Waals surface area contributed by atoms with Crippen molar-refractivity contribution in [2.75, 3.05) is 26.8 Å². The number of carbonyl (C=O) groups excluding carboxylic acids is 1. The molecule has 1 amide bonds. The molecule has 1 aliphatic rings. The molecular weight excluding hydrogens is 260 g/mol. The molecule has 1 aromatic heterocycles. The number of methoxy groups -OCH3 is 1. The van der Waals surface area contributed by atoms with E-state index in [1.165, 1.54) is 6.39 Å². The lowest BCUT2D eigenvalue weighted by Crippen LogP contribution is -2.53. The number of amides is 1. The summed E-state index contributed by atoms with van der Waals surface area (Å²) in [5.74, 6) is 0.405. The number of aromatic nitrogens is 1. The molecule has 0 spiro atoms. The summed E-state index contributed by atoms with van der Waals surface area (Å²) in [6.07, 6.45) is 2.43. The van der Waals surface area contributed by atoms with E-state index in [1.807, 2.05) is 6.92 Å². The summed E-state index contributed by atoms with van der Waals surface area (Å²) < 4.78 is 10.1. The number of aliphatic hydroxyl groups is 1. The largest absolute Gasteiger partial charge is 0.448 e. The van der Waals surface area contributed by atoms with E-state index in [-0.39, 0.29) is 11.8 Å². The van der Waals surface area contributed by atoms with Gasteiger partial charge in [-0.1, -0.05) is 6.92 Å². The Morgan fingerprint density at radius 2 is 2.45 bits per heavy atom. The molecule has 20 heavy (non-hydrogen) atoms. The molecule has 0 aromatic carbocycles. The predicted molar refractivity (Wildman–Crippen MR) is 72.4 cm³/mol. The van der Waals surface area contributed by atoms with Gasteiger partial charge in [0, 0.05) is 32.7 Å². The van der Waals surface area contributed by atoms with Gasteiger partial charge in [-0.3, -0.25) is 4.79 Å². The van der Waals surface area contributed by atoms with Crippen LogP contribution in [-0.2, 0) is 4.74 Å². The molecule has 0 aliphatic carbocycles. The molecule has 6 heteroatoms. The van der Waals surface area contributed by atoms with Gasteiger partial charge in [-0.2, -0.15) is 0 Å². The number of likely N-dealkylation sites (tertiary alicyclic amines) is 1. The van der Waals surface area contributed by atoms with E-state index in [4.69, 9.17) is 9.15 Å². The van der Waals surface area contributed by atoms with Crippen LogP contribution in [0.25, 0.3) is 0 Å². The smallest absolute Gasteiger partial charge is 0.276 e. The highest BCUT2D eigenvalue weighted by atomic mass is 16.5. The lowest BCUT2D eigenvalue weighted by atomic mass is 9.80. The van der Waals surface area contributed by atoms with Gasteiger partial charge in [0.05, 0.1) is 5.60 Å². The average molecular weight is 282 g/mol. The molecule has 1 aromatic rings. The first-order valence-electron chi connectivity index (χ1n) is 6.88. The quantitative estimate of drug-likeness (QED) is 0.899. The molecule has 2 atom stereocenters. The minimum atomic E-state index is -0.758. The zero-order chi connectivity index (χ0) is 14.8. The van der Waals surface area contributed by atoms with Crippen molar-refractivity contribution in [2.24, 2.45) is 5.92 Å². The van der Waals surface area contributed by atoms with Gasteiger partial charge in [-0.05, 0) is 19.8 Å². The number of oxazole rings is 1. The van der Waals surface area contributed by atoms with Crippen molar-refractivity contribution >= 4 is 5.91 Å². The van der Waals surface area contributed by atoms with Crippen molar-refractivity contribution in [2.45, 2.75) is 32.3 Å². The van der Waals surface area contributed by atoms with Gasteiger partial charge >= 0.3 is 0 Å². The summed E-state index contributed by atoms with van der Waals surface area (Å²) in [7, 11) is 1.63. The van der Waals surface area contributed by atoms with Crippen LogP contribution >= 0.6 is 0 Å². The minimum absolute atomic E-state index is 0.00237. The molecule has 1 saturated heterocycles. The van der Waals surface area contributed by atoms with E-state index >= 15 is 0 Å². The number of aryl methyl sites for hydroxylation is 1. The lowest BCUT2D eigenvalue weighted by Gasteiger charge is -2.43. The lowest BCUT2D eigenvalue weighted by molar-refractivity contribution is -0.0751. The second-order valence-corrected chi connectivity index (χ2v) is 5.51. The molecule has 0 bridgehead atoms. The number of piperidine rings is 1. The van der Waals surface area contributed by atoms with Crippen molar-refractivity contribution in [1.29, 1.82) is 0 Å². The number of hydrogen-bond donors (Lipinski definition) is 1. The molecule has 1 N–H and O–H groups in total. The maximum Gasteiger partial charge on any atom is 0.276 e. The third-order valence-corrected chi connectivity index (χ3v) is 4.20. The SMILES string of the molecule is COCC[C@]1(O)CCN(C(=O)c2ncoc2C)C[C@H]1C. The summed E-state index contributed by atoms with van der Waals surface area (Å²) in [6.45, 7) is 5.26. The Hall–Kier alpha value is -1.40. The van der Waals surface area contributed by atoms with Crippen LogP contribution < -0.4 is 0 Å². The van der Waals surface area contributed by atoms with Crippen molar-refractivity contribution in [1.82, 2.24) is 9.88 Å². The molecule has 112 valence electrons. The molecule has 0 saturated carbocycles. The van der Waals surface area contributed by atoms with Crippen LogP contribution in [0.15, 0.2) is 10.8 Å². The van der Waals surface area contributed by atoms with Crippen LogP contribution in [0.2, 0.25) is 0 Å². The second-order valence-electron chi connectivity index (χ2n) is 5.51. The van der Waals surface area contributed by atoms with Crippen LogP contribution in [0.3, 0.4) is 0 Å². The molecule has 1 fully saturated rings. The molecule has 2 heterocycles. The van der Waals surface area contributed by atoms with Gasteiger partial charge in [-0.15, -0.1) is 0 Å². The molecule has 2 rings (SSSR count). The molecule has 6 nitrogen and oxygen atoms in total. The number of carbonyl (C=O) groups is 1. The maximum absolute atomic E-state index is 12.3. The fourth-order valence-corrected chi connectivity index (χ4v) is 2.66. The summed E-state index contributed by atoms with van der Waals surface area (Å²) in [5, 5.41) is 10.6. The zero-order valence-corrected chi connectivity index (χ0v) is 12.3. The highest BCUT2D eigenvalue weighted by Crippen LogP contribution is 2.31. The highest BCUT2D eigenvalue weighted by molar-refractivity contribution is 5.93. The Labute approximate surface area is 118 Å². The Morgan fingerprint density at radius 3 is 3.00 bits per heavy atom. The first kappa shape index (κ1) is 15.0. The van der Waals surface area contributed by atoms with E-state index in [9.17, 15) is 9.90 Å². The Kier molecular flexibility index (Phi) is 4.45. The average Bonchev–Trinajstić information content (AvgIpc) is 2.85. The van der Waals surface area contributed by atoms with Gasteiger partial charge in [-0.25, -0.2) is 4.98 Å². The Balaban J connectivity index is 2.02. The Morgan fingerprint density at radius 1 is 1.70 bits per heavy atom. The summed E-state index contributed by atoms with van der Waals surface area (Å²) >= 11 is 0. The van der Waals surface area contributed by atoms with E-state index in [1.54, 1.807) is 18.9 Å². The standard InChI is InChI=1S/C14H22N2O4/c1-10-8-16(6-4-14(10,18)5-7-19-3)13(17)12-11(2)20-9-15-12/h9-10,18H,4-8H2,1-3H3/t10-,14-/m1/s1. The summed E-state index contributed by atoms with van der Waals surface area (Å²) in [5.41, 5.74) is -0.398. The molecule has 0 unspecified atom stereocenters. The number of rotatable bonds is 4. The highest BCUT2D eigenvalue weighted by Gasteiger charge is 2.40. The predicted octanol–water partition coefficient (Wildman–Crippen LogP) is 1.23. The van der Waals surface area contributed by atoms with Crippen molar-refractivity contribution < 1.29 is 19.1 Å². The van der Waals surface area contributed by atoms with Crippen LogP contribution in [0.4, 0.5) is 0 Å². The van der Waals surface area contributed by atoms with Crippen LogP contribution in [0, 0.1) is 12.8 Å². The topological polar surface area (TPSA) is 75.8 Å². The first-order chi connectivity index (χ1) is 9.48. The number of nitrogens with zero attached hydrogens (tertiary/aromatic N) is 2. The zero-order valence-electron chi connectivity index (χ0n) is 12.3. The van der Waals surface area contributed by atoms with E-state index in [0.717, 1.165) is 0 Å². The fourth-order valence-electron chi connectivity index (χ4n) is 2.66. The van der Waals surface area contributed by atoms with Gasteiger partial charge in [0.25, 0.3) is 5.91 Å². The first-order valence-corrected chi connectivity index (χ1v) is 6.88. The molecular formula is C14H22N2O4. The maximum atomic E-state index is 12.3. The van der Waals surface area contributed by atoms with Crippen molar-refractivity contribution in [3.8, 4) is 0 Å². The van der Waals surface area contributed by atoms with E-state index in [0.29, 0.717) is 44.0 Å². The molecule has 1 aliphatic heterocycles. The minimum Gasteiger partial charge on any atom is -0.448 e. The van der Waals surface area contributed by atoms with Crippen LogP contribution in [0.5, 0.6) is 0 Å². The fraction of sp³-hybridized carbons (Fsp3) is 0.714. The number of hydrogen-bond acceptors (Lipinski definition) is 5. The van der Waals surface area contributed by atoms with Gasteiger partial charge in [0.1, 0.15) is 5.76 Å². The van der Waals surface area contributed by atoms with Crippen LogP contribution in [-0.4, -0.2) is 53.3 Å². The number of ether oxygens (including phenoxy) is 1. The normalized spacial score (nSPS) is 26.8. The van der Waals surface area contributed by atoms with Crippen molar-refractivity contribution in [3.63, 3.8) is 0 Å². The second kappa shape index (κ2) is 5.93. The van der Waals surface area contributed by atoms with Crippen molar-refractivity contribution in [3.05, 3.63) is 17.8 Å². The van der Waals surface area contributed by atoms with Gasteiger partial charge in [0.2, 0.25) is 0 Å².